The number of nitrogens with zero attached hydrogens (tertiary/aromatic N) is 3. The molecule has 1 aliphatic rings. The first-order valence-corrected chi connectivity index (χ1v) is 9.06. The van der Waals surface area contributed by atoms with Crippen LogP contribution in [-0.2, 0) is 6.54 Å². The minimum absolute atomic E-state index is 0.527. The predicted molar refractivity (Wildman–Crippen MR) is 94.7 cm³/mol. The SMILES string of the molecule is CCCN1CCC(NC(=NC)NCc2nc(C)c(C)s2)CC1. The van der Waals surface area contributed by atoms with Crippen LogP contribution >= 0.6 is 11.3 Å². The summed E-state index contributed by atoms with van der Waals surface area (Å²) in [4.78, 5) is 12.7. The van der Waals surface area contributed by atoms with Crippen LogP contribution in [0.3, 0.4) is 0 Å². The van der Waals surface area contributed by atoms with Gasteiger partial charge >= 0.3 is 0 Å². The number of guanidine groups is 1. The molecule has 0 aromatic carbocycles. The lowest BCUT2D eigenvalue weighted by molar-refractivity contribution is 0.206. The molecule has 22 heavy (non-hydrogen) atoms. The molecule has 124 valence electrons. The van der Waals surface area contributed by atoms with Crippen molar-refractivity contribution >= 4 is 17.3 Å². The van der Waals surface area contributed by atoms with Gasteiger partial charge in [0, 0.05) is 31.1 Å². The van der Waals surface area contributed by atoms with Crippen molar-refractivity contribution in [1.29, 1.82) is 0 Å². The number of aromatic nitrogens is 1. The van der Waals surface area contributed by atoms with Gasteiger partial charge in [0.2, 0.25) is 0 Å². The maximum absolute atomic E-state index is 4.56. The number of hydrogen-bond donors (Lipinski definition) is 2. The molecule has 1 aliphatic heterocycles. The molecule has 0 unspecified atom stereocenters. The minimum atomic E-state index is 0.527. The van der Waals surface area contributed by atoms with Crippen LogP contribution in [0.4, 0.5) is 0 Å². The summed E-state index contributed by atoms with van der Waals surface area (Å²) in [7, 11) is 1.83. The van der Waals surface area contributed by atoms with Gasteiger partial charge in [0.1, 0.15) is 5.01 Å². The number of piperidine rings is 1. The van der Waals surface area contributed by atoms with E-state index in [0.29, 0.717) is 6.04 Å². The number of likely N-dealkylation sites (tertiary alicyclic amines) is 1. The highest BCUT2D eigenvalue weighted by atomic mass is 32.1. The van der Waals surface area contributed by atoms with Gasteiger partial charge in [-0.1, -0.05) is 6.92 Å². The summed E-state index contributed by atoms with van der Waals surface area (Å²) in [5.74, 6) is 0.888. The maximum Gasteiger partial charge on any atom is 0.191 e. The van der Waals surface area contributed by atoms with Gasteiger partial charge < -0.3 is 15.5 Å². The Morgan fingerprint density at radius 2 is 2.09 bits per heavy atom. The van der Waals surface area contributed by atoms with E-state index in [0.717, 1.165) is 23.2 Å². The monoisotopic (exact) mass is 323 g/mol. The fourth-order valence-electron chi connectivity index (χ4n) is 2.78. The Bertz CT molecular complexity index is 469. The van der Waals surface area contributed by atoms with Gasteiger partial charge in [-0.25, -0.2) is 4.98 Å². The van der Waals surface area contributed by atoms with Crippen molar-refractivity contribution in [3.8, 4) is 0 Å². The molecular weight excluding hydrogens is 294 g/mol. The largest absolute Gasteiger partial charge is 0.354 e. The first-order chi connectivity index (χ1) is 10.6. The Kier molecular flexibility index (Phi) is 6.64. The second-order valence-corrected chi connectivity index (χ2v) is 7.22. The van der Waals surface area contributed by atoms with Gasteiger partial charge in [-0.05, 0) is 39.7 Å². The van der Waals surface area contributed by atoms with E-state index in [1.807, 2.05) is 7.05 Å². The molecule has 0 atom stereocenters. The smallest absolute Gasteiger partial charge is 0.191 e. The molecule has 0 radical (unpaired) electrons. The van der Waals surface area contributed by atoms with Crippen molar-refractivity contribution in [2.24, 2.45) is 4.99 Å². The average molecular weight is 324 g/mol. The van der Waals surface area contributed by atoms with E-state index >= 15 is 0 Å². The quantitative estimate of drug-likeness (QED) is 0.645. The fraction of sp³-hybridized carbons (Fsp3) is 0.750. The fourth-order valence-corrected chi connectivity index (χ4v) is 3.65. The summed E-state index contributed by atoms with van der Waals surface area (Å²) in [6.45, 7) is 10.8. The highest BCUT2D eigenvalue weighted by Gasteiger charge is 2.19. The van der Waals surface area contributed by atoms with Gasteiger partial charge in [-0.15, -0.1) is 11.3 Å². The van der Waals surface area contributed by atoms with Gasteiger partial charge in [-0.3, -0.25) is 4.99 Å². The molecule has 2 heterocycles. The van der Waals surface area contributed by atoms with E-state index < -0.39 is 0 Å². The summed E-state index contributed by atoms with van der Waals surface area (Å²) in [6.07, 6.45) is 3.63. The molecule has 0 aliphatic carbocycles. The number of nitrogens with one attached hydrogen (secondary N) is 2. The van der Waals surface area contributed by atoms with E-state index in [1.165, 1.54) is 43.8 Å². The van der Waals surface area contributed by atoms with Crippen LogP contribution in [0.25, 0.3) is 0 Å². The zero-order valence-corrected chi connectivity index (χ0v) is 15.1. The third-order valence-electron chi connectivity index (χ3n) is 4.17. The van der Waals surface area contributed by atoms with E-state index in [4.69, 9.17) is 0 Å². The number of hydrogen-bond acceptors (Lipinski definition) is 4. The Labute approximate surface area is 138 Å². The summed E-state index contributed by atoms with van der Waals surface area (Å²) >= 11 is 1.76. The van der Waals surface area contributed by atoms with Gasteiger partial charge in [0.25, 0.3) is 0 Å². The molecule has 1 aromatic rings. The molecule has 0 saturated carbocycles. The number of rotatable bonds is 5. The highest BCUT2D eigenvalue weighted by molar-refractivity contribution is 7.11. The molecule has 6 heteroatoms. The molecule has 2 N–H and O–H groups in total. The zero-order valence-electron chi connectivity index (χ0n) is 14.3. The topological polar surface area (TPSA) is 52.5 Å². The molecule has 5 nitrogen and oxygen atoms in total. The van der Waals surface area contributed by atoms with Crippen LogP contribution < -0.4 is 10.6 Å². The summed E-state index contributed by atoms with van der Waals surface area (Å²) in [5.41, 5.74) is 1.13. The number of thiazole rings is 1. The van der Waals surface area contributed by atoms with Crippen LogP contribution in [-0.4, -0.2) is 48.6 Å². The van der Waals surface area contributed by atoms with Gasteiger partial charge in [-0.2, -0.15) is 0 Å². The van der Waals surface area contributed by atoms with Gasteiger partial charge in [0.15, 0.2) is 5.96 Å². The molecular formula is C16H29N5S. The second-order valence-electron chi connectivity index (χ2n) is 5.94. The first-order valence-electron chi connectivity index (χ1n) is 8.24. The van der Waals surface area contributed by atoms with Crippen molar-refractivity contribution in [2.75, 3.05) is 26.7 Å². The minimum Gasteiger partial charge on any atom is -0.354 e. The van der Waals surface area contributed by atoms with Crippen molar-refractivity contribution in [2.45, 2.75) is 52.6 Å². The Morgan fingerprint density at radius 3 is 2.64 bits per heavy atom. The third-order valence-corrected chi connectivity index (χ3v) is 5.24. The van der Waals surface area contributed by atoms with Crippen LogP contribution in [0.1, 0.15) is 41.8 Å². The Morgan fingerprint density at radius 1 is 1.36 bits per heavy atom. The average Bonchev–Trinajstić information content (AvgIpc) is 2.84. The third kappa shape index (κ3) is 4.95. The molecule has 1 aromatic heterocycles. The maximum atomic E-state index is 4.56. The Hall–Kier alpha value is -1.14. The highest BCUT2D eigenvalue weighted by Crippen LogP contribution is 2.16. The predicted octanol–water partition coefficient (Wildman–Crippen LogP) is 2.30. The van der Waals surface area contributed by atoms with Crippen molar-refractivity contribution in [3.63, 3.8) is 0 Å². The molecule has 0 spiro atoms. The van der Waals surface area contributed by atoms with Crippen LogP contribution in [0.5, 0.6) is 0 Å². The van der Waals surface area contributed by atoms with E-state index in [1.54, 1.807) is 11.3 Å². The number of aryl methyl sites for hydroxylation is 2. The lowest BCUT2D eigenvalue weighted by Gasteiger charge is -2.32. The standard InChI is InChI=1S/C16H29N5S/c1-5-8-21-9-6-14(7-10-21)20-16(17-4)18-11-15-19-12(2)13(3)22-15/h14H,5-11H2,1-4H3,(H2,17,18,20). The summed E-state index contributed by atoms with van der Waals surface area (Å²) in [6, 6.07) is 0.527. The number of aliphatic imine (C=N–C) groups is 1. The lowest BCUT2D eigenvalue weighted by Crippen LogP contribution is -2.48. The van der Waals surface area contributed by atoms with Crippen molar-refractivity contribution in [1.82, 2.24) is 20.5 Å². The van der Waals surface area contributed by atoms with Crippen LogP contribution in [0.2, 0.25) is 0 Å². The van der Waals surface area contributed by atoms with E-state index in [-0.39, 0.29) is 0 Å². The molecule has 1 fully saturated rings. The van der Waals surface area contributed by atoms with Crippen molar-refractivity contribution < 1.29 is 0 Å². The van der Waals surface area contributed by atoms with Crippen LogP contribution in [0.15, 0.2) is 4.99 Å². The second kappa shape index (κ2) is 8.48. The zero-order chi connectivity index (χ0) is 15.9. The summed E-state index contributed by atoms with van der Waals surface area (Å²) < 4.78 is 0. The molecule has 2 rings (SSSR count). The molecule has 1 saturated heterocycles. The molecule has 0 bridgehead atoms. The van der Waals surface area contributed by atoms with E-state index in [9.17, 15) is 0 Å². The first kappa shape index (κ1) is 17.2. The Balaban J connectivity index is 1.76. The van der Waals surface area contributed by atoms with E-state index in [2.05, 4.69) is 46.3 Å². The van der Waals surface area contributed by atoms with Crippen LogP contribution in [0, 0.1) is 13.8 Å². The van der Waals surface area contributed by atoms with Crippen molar-refractivity contribution in [3.05, 3.63) is 15.6 Å². The summed E-state index contributed by atoms with van der Waals surface area (Å²) in [5, 5.41) is 8.05. The lowest BCUT2D eigenvalue weighted by atomic mass is 10.1. The van der Waals surface area contributed by atoms with Gasteiger partial charge in [0.05, 0.1) is 12.2 Å². The normalized spacial score (nSPS) is 17.7. The molecule has 0 amide bonds.